The van der Waals surface area contributed by atoms with Gasteiger partial charge in [0.25, 0.3) is 5.91 Å². The number of rotatable bonds is 1. The zero-order valence-corrected chi connectivity index (χ0v) is 11.3. The second-order valence-electron chi connectivity index (χ2n) is 4.98. The van der Waals surface area contributed by atoms with Crippen molar-refractivity contribution in [1.29, 1.82) is 0 Å². The average molecular weight is 280 g/mol. The molecule has 1 amide bonds. The van der Waals surface area contributed by atoms with E-state index in [9.17, 15) is 9.18 Å². The van der Waals surface area contributed by atoms with Crippen molar-refractivity contribution in [1.82, 2.24) is 0 Å². The van der Waals surface area contributed by atoms with E-state index in [-0.39, 0.29) is 18.3 Å². The molecule has 2 heterocycles. The smallest absolute Gasteiger partial charge is 0.258 e. The molecule has 0 aliphatic carbocycles. The summed E-state index contributed by atoms with van der Waals surface area (Å²) in [7, 11) is 1.89. The molecule has 108 valence electrons. The molecule has 0 N–H and O–H groups in total. The van der Waals surface area contributed by atoms with Crippen LogP contribution in [0.15, 0.2) is 18.2 Å². The number of carbonyl (C=O) groups excluding carboxylic acids is 1. The number of halogens is 1. The molecule has 1 aromatic carbocycles. The van der Waals surface area contributed by atoms with Crippen LogP contribution in [-0.4, -0.2) is 52.0 Å². The number of fused-ring (bicyclic) bond motifs is 1. The van der Waals surface area contributed by atoms with Crippen LogP contribution in [0.5, 0.6) is 0 Å². The normalized spacial score (nSPS) is 22.6. The fourth-order valence-corrected chi connectivity index (χ4v) is 2.55. The highest BCUT2D eigenvalue weighted by atomic mass is 19.1. The van der Waals surface area contributed by atoms with Gasteiger partial charge in [-0.25, -0.2) is 4.39 Å². The van der Waals surface area contributed by atoms with Gasteiger partial charge in [-0.2, -0.15) is 0 Å². The molecule has 1 fully saturated rings. The van der Waals surface area contributed by atoms with Crippen molar-refractivity contribution in [2.24, 2.45) is 0 Å². The molecule has 5 nitrogen and oxygen atoms in total. The van der Waals surface area contributed by atoms with E-state index in [1.807, 2.05) is 11.9 Å². The molecule has 20 heavy (non-hydrogen) atoms. The van der Waals surface area contributed by atoms with E-state index in [2.05, 4.69) is 0 Å². The SMILES string of the molecule is CN1CCN(C(=O)[C@H]2COCCO2)c2ccc(F)cc21. The predicted octanol–water partition coefficient (Wildman–Crippen LogP) is 1.02. The average Bonchev–Trinajstić information content (AvgIpc) is 2.48. The number of hydrogen-bond donors (Lipinski definition) is 0. The van der Waals surface area contributed by atoms with Crippen LogP contribution >= 0.6 is 0 Å². The van der Waals surface area contributed by atoms with E-state index in [0.29, 0.717) is 26.3 Å². The lowest BCUT2D eigenvalue weighted by Crippen LogP contribution is -2.50. The first-order valence-electron chi connectivity index (χ1n) is 6.68. The Morgan fingerprint density at radius 3 is 2.90 bits per heavy atom. The summed E-state index contributed by atoms with van der Waals surface area (Å²) in [5.41, 5.74) is 1.45. The van der Waals surface area contributed by atoms with Gasteiger partial charge in [-0.1, -0.05) is 0 Å². The molecule has 1 saturated heterocycles. The Balaban J connectivity index is 1.88. The predicted molar refractivity (Wildman–Crippen MR) is 72.6 cm³/mol. The summed E-state index contributed by atoms with van der Waals surface area (Å²) in [6, 6.07) is 4.46. The molecule has 3 rings (SSSR count). The third-order valence-electron chi connectivity index (χ3n) is 3.66. The summed E-state index contributed by atoms with van der Waals surface area (Å²) in [6.45, 7) is 2.46. The van der Waals surface area contributed by atoms with Crippen molar-refractivity contribution < 1.29 is 18.7 Å². The van der Waals surface area contributed by atoms with Crippen molar-refractivity contribution in [3.05, 3.63) is 24.0 Å². The zero-order valence-electron chi connectivity index (χ0n) is 11.3. The number of carbonyl (C=O) groups is 1. The molecule has 1 aromatic rings. The number of nitrogens with zero attached hydrogens (tertiary/aromatic N) is 2. The fraction of sp³-hybridized carbons (Fsp3) is 0.500. The summed E-state index contributed by atoms with van der Waals surface area (Å²) >= 11 is 0. The van der Waals surface area contributed by atoms with Crippen molar-refractivity contribution >= 4 is 17.3 Å². The Morgan fingerprint density at radius 1 is 1.30 bits per heavy atom. The molecule has 0 spiro atoms. The van der Waals surface area contributed by atoms with Crippen LogP contribution in [-0.2, 0) is 14.3 Å². The minimum atomic E-state index is -0.565. The highest BCUT2D eigenvalue weighted by Gasteiger charge is 2.32. The Labute approximate surface area is 116 Å². The number of benzene rings is 1. The number of anilines is 2. The molecule has 0 radical (unpaired) electrons. The lowest BCUT2D eigenvalue weighted by atomic mass is 10.1. The van der Waals surface area contributed by atoms with E-state index < -0.39 is 6.10 Å². The quantitative estimate of drug-likeness (QED) is 0.770. The Morgan fingerprint density at radius 2 is 2.15 bits per heavy atom. The Kier molecular flexibility index (Phi) is 3.58. The van der Waals surface area contributed by atoms with Crippen molar-refractivity contribution in [2.75, 3.05) is 49.8 Å². The third kappa shape index (κ3) is 2.36. The van der Waals surface area contributed by atoms with Gasteiger partial charge in [-0.3, -0.25) is 4.79 Å². The van der Waals surface area contributed by atoms with Crippen molar-refractivity contribution in [3.63, 3.8) is 0 Å². The minimum Gasteiger partial charge on any atom is -0.376 e. The van der Waals surface area contributed by atoms with Crippen molar-refractivity contribution in [3.8, 4) is 0 Å². The number of amides is 1. The molecule has 0 bridgehead atoms. The van der Waals surface area contributed by atoms with Gasteiger partial charge in [0.2, 0.25) is 0 Å². The van der Waals surface area contributed by atoms with Gasteiger partial charge < -0.3 is 19.3 Å². The molecular formula is C14H17FN2O3. The second kappa shape index (κ2) is 5.38. The lowest BCUT2D eigenvalue weighted by Gasteiger charge is -2.37. The standard InChI is InChI=1S/C14H17FN2O3/c1-16-4-5-17(11-3-2-10(15)8-12(11)16)14(18)13-9-19-6-7-20-13/h2-3,8,13H,4-7,9H2,1H3/t13-/m1/s1. The van der Waals surface area contributed by atoms with Crippen LogP contribution in [0.3, 0.4) is 0 Å². The van der Waals surface area contributed by atoms with Gasteiger partial charge in [0.1, 0.15) is 5.82 Å². The maximum absolute atomic E-state index is 13.4. The first kappa shape index (κ1) is 13.3. The lowest BCUT2D eigenvalue weighted by molar-refractivity contribution is -0.144. The summed E-state index contributed by atoms with van der Waals surface area (Å²) < 4.78 is 24.1. The van der Waals surface area contributed by atoms with Crippen LogP contribution in [0, 0.1) is 5.82 Å². The summed E-state index contributed by atoms with van der Waals surface area (Å²) in [5, 5.41) is 0. The largest absolute Gasteiger partial charge is 0.376 e. The summed E-state index contributed by atoms with van der Waals surface area (Å²) in [4.78, 5) is 16.1. The summed E-state index contributed by atoms with van der Waals surface area (Å²) in [6.07, 6.45) is -0.565. The van der Waals surface area contributed by atoms with Gasteiger partial charge >= 0.3 is 0 Å². The third-order valence-corrected chi connectivity index (χ3v) is 3.66. The van der Waals surface area contributed by atoms with Gasteiger partial charge in [0.05, 0.1) is 31.2 Å². The van der Waals surface area contributed by atoms with E-state index in [0.717, 1.165) is 11.4 Å². The minimum absolute atomic E-state index is 0.120. The molecule has 0 aromatic heterocycles. The molecule has 2 aliphatic rings. The van der Waals surface area contributed by atoms with E-state index in [1.165, 1.54) is 12.1 Å². The maximum atomic E-state index is 13.4. The molecule has 2 aliphatic heterocycles. The van der Waals surface area contributed by atoms with Gasteiger partial charge in [-0.15, -0.1) is 0 Å². The second-order valence-corrected chi connectivity index (χ2v) is 4.98. The zero-order chi connectivity index (χ0) is 14.1. The fourth-order valence-electron chi connectivity index (χ4n) is 2.55. The van der Waals surface area contributed by atoms with Crippen LogP contribution in [0.25, 0.3) is 0 Å². The maximum Gasteiger partial charge on any atom is 0.258 e. The van der Waals surface area contributed by atoms with Crippen molar-refractivity contribution in [2.45, 2.75) is 6.10 Å². The molecule has 6 heteroatoms. The molecule has 0 unspecified atom stereocenters. The number of hydrogen-bond acceptors (Lipinski definition) is 4. The van der Waals surface area contributed by atoms with E-state index in [4.69, 9.17) is 9.47 Å². The molecule has 0 saturated carbocycles. The van der Waals surface area contributed by atoms with Crippen LogP contribution in [0.1, 0.15) is 0 Å². The van der Waals surface area contributed by atoms with E-state index >= 15 is 0 Å². The topological polar surface area (TPSA) is 42.0 Å². The van der Waals surface area contributed by atoms with E-state index in [1.54, 1.807) is 11.0 Å². The molecular weight excluding hydrogens is 263 g/mol. The van der Waals surface area contributed by atoms with Gasteiger partial charge in [-0.05, 0) is 18.2 Å². The monoisotopic (exact) mass is 280 g/mol. The highest BCUT2D eigenvalue weighted by molar-refractivity contribution is 6.00. The Bertz CT molecular complexity index is 517. The Hall–Kier alpha value is -1.66. The number of likely N-dealkylation sites (N-methyl/N-ethyl adjacent to an activating group) is 1. The van der Waals surface area contributed by atoms with Crippen LogP contribution < -0.4 is 9.80 Å². The van der Waals surface area contributed by atoms with Crippen LogP contribution in [0.4, 0.5) is 15.8 Å². The first-order valence-corrected chi connectivity index (χ1v) is 6.68. The van der Waals surface area contributed by atoms with Crippen LogP contribution in [0.2, 0.25) is 0 Å². The first-order chi connectivity index (χ1) is 9.66. The number of ether oxygens (including phenoxy) is 2. The summed E-state index contributed by atoms with van der Waals surface area (Å²) in [5.74, 6) is -0.423. The van der Waals surface area contributed by atoms with Gasteiger partial charge in [0.15, 0.2) is 6.10 Å². The molecule has 1 atom stereocenters. The highest BCUT2D eigenvalue weighted by Crippen LogP contribution is 2.33. The van der Waals surface area contributed by atoms with Gasteiger partial charge in [0, 0.05) is 20.1 Å².